The molecular formula is C19H16F2N2O3S. The van der Waals surface area contributed by atoms with Crippen LogP contribution in [-0.4, -0.2) is 22.5 Å². The summed E-state index contributed by atoms with van der Waals surface area (Å²) in [6.07, 6.45) is 1.30. The van der Waals surface area contributed by atoms with E-state index >= 15 is 0 Å². The molecule has 0 bridgehead atoms. The summed E-state index contributed by atoms with van der Waals surface area (Å²) in [5, 5.41) is 0.470. The summed E-state index contributed by atoms with van der Waals surface area (Å²) in [6.45, 7) is 5.45. The van der Waals surface area contributed by atoms with Gasteiger partial charge in [0.15, 0.2) is 11.6 Å². The van der Waals surface area contributed by atoms with Crippen molar-refractivity contribution in [2.75, 3.05) is 6.61 Å². The number of nitrogens with zero attached hydrogens (tertiary/aromatic N) is 1. The summed E-state index contributed by atoms with van der Waals surface area (Å²) in [5.74, 6) is -2.76. The summed E-state index contributed by atoms with van der Waals surface area (Å²) in [7, 11) is 0. The van der Waals surface area contributed by atoms with Crippen LogP contribution in [0, 0.1) is 25.5 Å². The first-order valence-electron chi connectivity index (χ1n) is 8.16. The SMILES string of the molecule is CCOC(=O)/C(=C\c1ccc(F)c(F)c1)c1nc2sc(C)c(C)c2c(=O)[nH]1. The number of hydrogen-bond acceptors (Lipinski definition) is 5. The maximum Gasteiger partial charge on any atom is 0.341 e. The molecular weight excluding hydrogens is 374 g/mol. The van der Waals surface area contributed by atoms with E-state index in [0.717, 1.165) is 22.6 Å². The zero-order chi connectivity index (χ0) is 19.7. The van der Waals surface area contributed by atoms with Crippen LogP contribution in [0.1, 0.15) is 28.8 Å². The van der Waals surface area contributed by atoms with E-state index in [1.807, 2.05) is 13.8 Å². The van der Waals surface area contributed by atoms with Crippen molar-refractivity contribution in [1.82, 2.24) is 9.97 Å². The number of halogens is 2. The number of ether oxygens (including phenoxy) is 1. The molecule has 1 N–H and O–H groups in total. The molecule has 0 saturated heterocycles. The molecule has 0 fully saturated rings. The van der Waals surface area contributed by atoms with Gasteiger partial charge < -0.3 is 9.72 Å². The van der Waals surface area contributed by atoms with E-state index in [1.165, 1.54) is 23.5 Å². The molecule has 0 spiro atoms. The minimum absolute atomic E-state index is 0.0110. The highest BCUT2D eigenvalue weighted by Crippen LogP contribution is 2.27. The van der Waals surface area contributed by atoms with Gasteiger partial charge in [-0.15, -0.1) is 11.3 Å². The summed E-state index contributed by atoms with van der Waals surface area (Å²) in [6, 6.07) is 3.22. The number of esters is 1. The van der Waals surface area contributed by atoms with Crippen molar-refractivity contribution in [1.29, 1.82) is 0 Å². The molecule has 0 atom stereocenters. The quantitative estimate of drug-likeness (QED) is 0.540. The Balaban J connectivity index is 2.20. The van der Waals surface area contributed by atoms with Gasteiger partial charge in [-0.25, -0.2) is 18.6 Å². The number of hydrogen-bond donors (Lipinski definition) is 1. The minimum atomic E-state index is -1.05. The predicted molar refractivity (Wildman–Crippen MR) is 101 cm³/mol. The van der Waals surface area contributed by atoms with Gasteiger partial charge in [-0.2, -0.15) is 0 Å². The van der Waals surface area contributed by atoms with Gasteiger partial charge in [-0.05, 0) is 50.1 Å². The van der Waals surface area contributed by atoms with E-state index in [2.05, 4.69) is 9.97 Å². The van der Waals surface area contributed by atoms with Crippen LogP contribution in [0.5, 0.6) is 0 Å². The fourth-order valence-electron chi connectivity index (χ4n) is 2.58. The van der Waals surface area contributed by atoms with Crippen molar-refractivity contribution in [2.24, 2.45) is 0 Å². The molecule has 0 saturated carbocycles. The Morgan fingerprint density at radius 3 is 2.70 bits per heavy atom. The molecule has 0 amide bonds. The highest BCUT2D eigenvalue weighted by Gasteiger charge is 2.20. The number of aromatic amines is 1. The van der Waals surface area contributed by atoms with Crippen LogP contribution < -0.4 is 5.56 Å². The van der Waals surface area contributed by atoms with E-state index in [9.17, 15) is 18.4 Å². The summed E-state index contributed by atoms with van der Waals surface area (Å²) >= 11 is 1.34. The number of carbonyl (C=O) groups excluding carboxylic acids is 1. The average molecular weight is 390 g/mol. The molecule has 8 heteroatoms. The van der Waals surface area contributed by atoms with Gasteiger partial charge in [0.25, 0.3) is 5.56 Å². The van der Waals surface area contributed by atoms with Crippen LogP contribution in [0.15, 0.2) is 23.0 Å². The van der Waals surface area contributed by atoms with Crippen molar-refractivity contribution in [3.05, 3.63) is 62.0 Å². The lowest BCUT2D eigenvalue weighted by atomic mass is 10.1. The Hall–Kier alpha value is -2.87. The van der Waals surface area contributed by atoms with Crippen LogP contribution in [0.25, 0.3) is 21.9 Å². The zero-order valence-corrected chi connectivity index (χ0v) is 15.7. The van der Waals surface area contributed by atoms with Crippen LogP contribution in [-0.2, 0) is 9.53 Å². The third-order valence-electron chi connectivity index (χ3n) is 4.04. The molecule has 5 nitrogen and oxygen atoms in total. The molecule has 140 valence electrons. The molecule has 0 aliphatic heterocycles. The first-order valence-corrected chi connectivity index (χ1v) is 8.97. The first-order chi connectivity index (χ1) is 12.8. The van der Waals surface area contributed by atoms with Gasteiger partial charge in [-0.3, -0.25) is 4.79 Å². The van der Waals surface area contributed by atoms with Crippen LogP contribution >= 0.6 is 11.3 Å². The number of benzene rings is 1. The van der Waals surface area contributed by atoms with Gasteiger partial charge >= 0.3 is 5.97 Å². The maximum absolute atomic E-state index is 13.5. The molecule has 27 heavy (non-hydrogen) atoms. The van der Waals surface area contributed by atoms with Gasteiger partial charge in [0.2, 0.25) is 0 Å². The topological polar surface area (TPSA) is 72.0 Å². The van der Waals surface area contributed by atoms with Gasteiger partial charge in [-0.1, -0.05) is 6.07 Å². The molecule has 3 aromatic rings. The minimum Gasteiger partial charge on any atom is -0.462 e. The second kappa shape index (κ2) is 7.40. The fraction of sp³-hybridized carbons (Fsp3) is 0.211. The van der Waals surface area contributed by atoms with E-state index in [4.69, 9.17) is 4.74 Å². The number of thiophene rings is 1. The third kappa shape index (κ3) is 3.66. The number of aromatic nitrogens is 2. The van der Waals surface area contributed by atoms with Crippen molar-refractivity contribution in [3.8, 4) is 0 Å². The summed E-state index contributed by atoms with van der Waals surface area (Å²) in [5.41, 5.74) is 0.638. The Bertz CT molecular complexity index is 1130. The van der Waals surface area contributed by atoms with E-state index in [-0.39, 0.29) is 29.1 Å². The number of rotatable bonds is 4. The van der Waals surface area contributed by atoms with Crippen LogP contribution in [0.3, 0.4) is 0 Å². The molecule has 1 aromatic carbocycles. The number of nitrogens with one attached hydrogen (secondary N) is 1. The lowest BCUT2D eigenvalue weighted by Crippen LogP contribution is -2.15. The first kappa shape index (κ1) is 18.9. The Morgan fingerprint density at radius 2 is 2.04 bits per heavy atom. The average Bonchev–Trinajstić information content (AvgIpc) is 2.90. The molecule has 0 unspecified atom stereocenters. The van der Waals surface area contributed by atoms with Gasteiger partial charge in [0, 0.05) is 4.88 Å². The highest BCUT2D eigenvalue weighted by atomic mass is 32.1. The van der Waals surface area contributed by atoms with E-state index in [0.29, 0.717) is 10.2 Å². The lowest BCUT2D eigenvalue weighted by molar-refractivity contribution is -0.136. The predicted octanol–water partition coefficient (Wildman–Crippen LogP) is 3.98. The normalized spacial score (nSPS) is 11.8. The number of aryl methyl sites for hydroxylation is 2. The van der Waals surface area contributed by atoms with E-state index < -0.39 is 17.6 Å². The summed E-state index contributed by atoms with van der Waals surface area (Å²) in [4.78, 5) is 33.3. The molecule has 2 aromatic heterocycles. The van der Waals surface area contributed by atoms with Crippen molar-refractivity contribution in [2.45, 2.75) is 20.8 Å². The molecule has 0 aliphatic carbocycles. The maximum atomic E-state index is 13.5. The molecule has 3 rings (SSSR count). The number of fused-ring (bicyclic) bond motifs is 1. The van der Waals surface area contributed by atoms with Crippen LogP contribution in [0.2, 0.25) is 0 Å². The Morgan fingerprint density at radius 1 is 1.30 bits per heavy atom. The second-order valence-corrected chi connectivity index (χ2v) is 7.03. The van der Waals surface area contributed by atoms with Crippen molar-refractivity contribution >= 4 is 39.2 Å². The van der Waals surface area contributed by atoms with Crippen molar-refractivity contribution in [3.63, 3.8) is 0 Å². The van der Waals surface area contributed by atoms with Gasteiger partial charge in [0.05, 0.1) is 12.0 Å². The Kier molecular flexibility index (Phi) is 5.18. The number of carbonyl (C=O) groups is 1. The largest absolute Gasteiger partial charge is 0.462 e. The monoisotopic (exact) mass is 390 g/mol. The fourth-order valence-corrected chi connectivity index (χ4v) is 3.61. The standard InChI is InChI=1S/C19H16F2N2O3S/c1-4-26-19(25)12(7-11-5-6-13(20)14(21)8-11)16-22-17(24)15-9(2)10(3)27-18(15)23-16/h5-8H,4H2,1-3H3,(H,22,23,24)/b12-7-. The van der Waals surface area contributed by atoms with E-state index in [1.54, 1.807) is 6.92 Å². The van der Waals surface area contributed by atoms with Crippen molar-refractivity contribution < 1.29 is 18.3 Å². The zero-order valence-electron chi connectivity index (χ0n) is 14.9. The molecule has 0 radical (unpaired) electrons. The molecule has 0 aliphatic rings. The highest BCUT2D eigenvalue weighted by molar-refractivity contribution is 7.18. The molecule has 2 heterocycles. The smallest absolute Gasteiger partial charge is 0.341 e. The number of H-pyrrole nitrogens is 1. The van der Waals surface area contributed by atoms with Crippen LogP contribution in [0.4, 0.5) is 8.78 Å². The summed E-state index contributed by atoms with van der Waals surface area (Å²) < 4.78 is 31.7. The second-order valence-electron chi connectivity index (χ2n) is 5.83. The third-order valence-corrected chi connectivity index (χ3v) is 5.15. The van der Waals surface area contributed by atoms with Gasteiger partial charge in [0.1, 0.15) is 16.2 Å². The lowest BCUT2D eigenvalue weighted by Gasteiger charge is -2.07. The Labute approximate surface area is 157 Å².